The minimum atomic E-state index is -0.673. The molecule has 1 amide bonds. The molecule has 0 bridgehead atoms. The van der Waals surface area contributed by atoms with Crippen LogP contribution in [0.5, 0.6) is 0 Å². The first-order chi connectivity index (χ1) is 14.4. The van der Waals surface area contributed by atoms with Gasteiger partial charge >= 0.3 is 0 Å². The second-order valence-corrected chi connectivity index (χ2v) is 7.74. The van der Waals surface area contributed by atoms with Crippen molar-refractivity contribution < 1.29 is 14.3 Å². The van der Waals surface area contributed by atoms with Gasteiger partial charge in [-0.05, 0) is 50.2 Å². The van der Waals surface area contributed by atoms with Crippen LogP contribution in [0, 0.1) is 12.7 Å². The lowest BCUT2D eigenvalue weighted by Crippen LogP contribution is -2.39. The number of hydrogen-bond acceptors (Lipinski definition) is 4. The number of aliphatic hydroxyl groups excluding tert-OH is 1. The number of rotatable bonds is 5. The molecule has 1 unspecified atom stereocenters. The van der Waals surface area contributed by atoms with Crippen LogP contribution < -0.4 is 5.32 Å². The highest BCUT2D eigenvalue weighted by molar-refractivity contribution is 5.78. The van der Waals surface area contributed by atoms with E-state index in [1.165, 1.54) is 17.7 Å². The molecule has 2 heterocycles. The van der Waals surface area contributed by atoms with Gasteiger partial charge in [0.25, 0.3) is 0 Å². The van der Waals surface area contributed by atoms with E-state index in [0.717, 1.165) is 28.6 Å². The second-order valence-electron chi connectivity index (χ2n) is 7.74. The van der Waals surface area contributed by atoms with Crippen LogP contribution in [-0.4, -0.2) is 38.1 Å². The topological polar surface area (TPSA) is 70.4 Å². The fourth-order valence-electron chi connectivity index (χ4n) is 3.64. The number of fused-ring (bicyclic) bond motifs is 1. The van der Waals surface area contributed by atoms with Crippen LogP contribution in [0.15, 0.2) is 48.5 Å². The molecule has 1 aliphatic rings. The van der Waals surface area contributed by atoms with Gasteiger partial charge < -0.3 is 19.9 Å². The van der Waals surface area contributed by atoms with Crippen molar-refractivity contribution in [3.05, 3.63) is 65.7 Å². The van der Waals surface area contributed by atoms with Crippen molar-refractivity contribution in [1.29, 1.82) is 0 Å². The van der Waals surface area contributed by atoms with E-state index in [1.807, 2.05) is 31.2 Å². The summed E-state index contributed by atoms with van der Waals surface area (Å²) >= 11 is 0. The number of carbonyl (C=O) groups is 1. The molecule has 156 valence electrons. The molecule has 2 N–H and O–H groups in total. The average Bonchev–Trinajstić information content (AvgIpc) is 3.07. The number of imidazole rings is 1. The molecule has 30 heavy (non-hydrogen) atoms. The lowest BCUT2D eigenvalue weighted by atomic mass is 10.1. The van der Waals surface area contributed by atoms with E-state index in [1.54, 1.807) is 24.0 Å². The van der Waals surface area contributed by atoms with Crippen LogP contribution >= 0.6 is 0 Å². The Bertz CT molecular complexity index is 1040. The van der Waals surface area contributed by atoms with Gasteiger partial charge in [-0.15, -0.1) is 0 Å². The Labute approximate surface area is 175 Å². The number of aliphatic hydroxyl groups is 1. The van der Waals surface area contributed by atoms with Crippen molar-refractivity contribution in [3.8, 4) is 11.3 Å². The number of nitrogens with zero attached hydrogens (tertiary/aromatic N) is 3. The first-order valence-corrected chi connectivity index (χ1v) is 10.1. The number of benzene rings is 2. The van der Waals surface area contributed by atoms with Crippen molar-refractivity contribution in [1.82, 2.24) is 14.5 Å². The number of carbonyl (C=O) groups excluding carboxylic acids is 1. The number of nitrogens with one attached hydrogen (secondary N) is 1. The lowest BCUT2D eigenvalue weighted by molar-refractivity contribution is -0.134. The second kappa shape index (κ2) is 8.28. The zero-order chi connectivity index (χ0) is 21.3. The summed E-state index contributed by atoms with van der Waals surface area (Å²) < 4.78 is 15.5. The van der Waals surface area contributed by atoms with E-state index >= 15 is 0 Å². The standard InChI is InChI=1S/C23H25FN4O2/c1-15-3-9-19(10-4-15)25-23-22(17-5-7-18(24)8-6-17)26-20-14-27(11-12-28(20)23)21(30)13-16(2)29/h3-10,16,25,29H,11-14H2,1-2H3. The number of hydrogen-bond donors (Lipinski definition) is 2. The number of anilines is 2. The smallest absolute Gasteiger partial charge is 0.225 e. The number of aryl methyl sites for hydroxylation is 1. The molecular weight excluding hydrogens is 383 g/mol. The number of halogens is 1. The van der Waals surface area contributed by atoms with Crippen LogP contribution in [0.4, 0.5) is 15.9 Å². The molecule has 2 aromatic carbocycles. The third kappa shape index (κ3) is 4.21. The molecule has 0 radical (unpaired) electrons. The summed E-state index contributed by atoms with van der Waals surface area (Å²) in [6.45, 7) is 5.14. The predicted molar refractivity (Wildman–Crippen MR) is 114 cm³/mol. The van der Waals surface area contributed by atoms with Gasteiger partial charge in [0.1, 0.15) is 23.2 Å². The average molecular weight is 408 g/mol. The van der Waals surface area contributed by atoms with Gasteiger partial charge in [-0.1, -0.05) is 17.7 Å². The van der Waals surface area contributed by atoms with Crippen molar-refractivity contribution >= 4 is 17.4 Å². The van der Waals surface area contributed by atoms with E-state index in [2.05, 4.69) is 9.88 Å². The molecular formula is C23H25FN4O2. The molecule has 6 nitrogen and oxygen atoms in total. The van der Waals surface area contributed by atoms with Crippen molar-refractivity contribution in [2.75, 3.05) is 11.9 Å². The molecule has 0 fully saturated rings. The van der Waals surface area contributed by atoms with Gasteiger partial charge in [-0.2, -0.15) is 0 Å². The van der Waals surface area contributed by atoms with Gasteiger partial charge in [-0.3, -0.25) is 4.79 Å². The Kier molecular flexibility index (Phi) is 5.55. The number of amides is 1. The Morgan fingerprint density at radius 2 is 1.87 bits per heavy atom. The van der Waals surface area contributed by atoms with Gasteiger partial charge in [0.15, 0.2) is 0 Å². The fraction of sp³-hybridized carbons (Fsp3) is 0.304. The highest BCUT2D eigenvalue weighted by Gasteiger charge is 2.27. The van der Waals surface area contributed by atoms with Crippen LogP contribution in [0.2, 0.25) is 0 Å². The first-order valence-electron chi connectivity index (χ1n) is 10.1. The molecule has 3 aromatic rings. The molecule has 0 spiro atoms. The minimum Gasteiger partial charge on any atom is -0.393 e. The maximum Gasteiger partial charge on any atom is 0.225 e. The summed E-state index contributed by atoms with van der Waals surface area (Å²) in [7, 11) is 0. The summed E-state index contributed by atoms with van der Waals surface area (Å²) in [6, 6.07) is 14.3. The molecule has 7 heteroatoms. The zero-order valence-corrected chi connectivity index (χ0v) is 17.1. The Balaban J connectivity index is 1.70. The molecule has 0 saturated carbocycles. The molecule has 1 aliphatic heterocycles. The van der Waals surface area contributed by atoms with Crippen molar-refractivity contribution in [2.45, 2.75) is 39.5 Å². The number of aromatic nitrogens is 2. The van der Waals surface area contributed by atoms with Gasteiger partial charge in [0.05, 0.1) is 19.1 Å². The molecule has 1 aromatic heterocycles. The van der Waals surface area contributed by atoms with Crippen molar-refractivity contribution in [2.24, 2.45) is 0 Å². The third-order valence-corrected chi connectivity index (χ3v) is 5.23. The molecule has 0 saturated heterocycles. The monoisotopic (exact) mass is 408 g/mol. The maximum atomic E-state index is 13.5. The highest BCUT2D eigenvalue weighted by atomic mass is 19.1. The van der Waals surface area contributed by atoms with Gasteiger partial charge in [-0.25, -0.2) is 9.37 Å². The summed E-state index contributed by atoms with van der Waals surface area (Å²) in [5.41, 5.74) is 3.62. The summed E-state index contributed by atoms with van der Waals surface area (Å²) in [5, 5.41) is 13.0. The van der Waals surface area contributed by atoms with E-state index in [0.29, 0.717) is 19.6 Å². The van der Waals surface area contributed by atoms with Crippen molar-refractivity contribution in [3.63, 3.8) is 0 Å². The van der Waals surface area contributed by atoms with E-state index in [4.69, 9.17) is 4.98 Å². The molecule has 1 atom stereocenters. The van der Waals surface area contributed by atoms with Crippen LogP contribution in [0.25, 0.3) is 11.3 Å². The Morgan fingerprint density at radius 3 is 2.53 bits per heavy atom. The molecule has 0 aliphatic carbocycles. The van der Waals surface area contributed by atoms with Crippen LogP contribution in [-0.2, 0) is 17.9 Å². The summed E-state index contributed by atoms with van der Waals surface area (Å²) in [6.07, 6.45) is -0.576. The van der Waals surface area contributed by atoms with Gasteiger partial charge in [0, 0.05) is 24.3 Å². The third-order valence-electron chi connectivity index (χ3n) is 5.23. The largest absolute Gasteiger partial charge is 0.393 e. The predicted octanol–water partition coefficient (Wildman–Crippen LogP) is 3.85. The Hall–Kier alpha value is -3.19. The van der Waals surface area contributed by atoms with Crippen LogP contribution in [0.1, 0.15) is 24.7 Å². The van der Waals surface area contributed by atoms with E-state index in [-0.39, 0.29) is 18.1 Å². The highest BCUT2D eigenvalue weighted by Crippen LogP contribution is 2.33. The van der Waals surface area contributed by atoms with Gasteiger partial charge in [0.2, 0.25) is 5.91 Å². The lowest BCUT2D eigenvalue weighted by Gasteiger charge is -2.29. The Morgan fingerprint density at radius 1 is 1.17 bits per heavy atom. The maximum absolute atomic E-state index is 13.5. The summed E-state index contributed by atoms with van der Waals surface area (Å²) in [4.78, 5) is 18.9. The molecule has 4 rings (SSSR count). The van der Waals surface area contributed by atoms with Crippen LogP contribution in [0.3, 0.4) is 0 Å². The van der Waals surface area contributed by atoms with E-state index < -0.39 is 6.10 Å². The SMILES string of the molecule is Cc1ccc(Nc2c(-c3ccc(F)cc3)nc3n2CCN(C(=O)CC(C)O)C3)cc1. The fourth-order valence-corrected chi connectivity index (χ4v) is 3.64. The minimum absolute atomic E-state index is 0.0874. The quantitative estimate of drug-likeness (QED) is 0.673. The zero-order valence-electron chi connectivity index (χ0n) is 17.1. The normalized spacial score (nSPS) is 14.3. The summed E-state index contributed by atoms with van der Waals surface area (Å²) in [5.74, 6) is 1.19. The first kappa shape index (κ1) is 20.1. The van der Waals surface area contributed by atoms with E-state index in [9.17, 15) is 14.3 Å².